The van der Waals surface area contributed by atoms with Crippen LogP contribution in [0.25, 0.3) is 5.69 Å². The zero-order valence-corrected chi connectivity index (χ0v) is 23.5. The van der Waals surface area contributed by atoms with Gasteiger partial charge < -0.3 is 24.4 Å². The number of likely N-dealkylation sites (tertiary alicyclic amines) is 1. The van der Waals surface area contributed by atoms with Crippen molar-refractivity contribution < 1.29 is 32.6 Å². The molecule has 2 aromatic carbocycles. The van der Waals surface area contributed by atoms with Gasteiger partial charge >= 0.3 is 12.1 Å². The van der Waals surface area contributed by atoms with Gasteiger partial charge in [-0.15, -0.1) is 5.10 Å². The number of hydrogen-bond acceptors (Lipinski definition) is 7. The van der Waals surface area contributed by atoms with Gasteiger partial charge in [-0.05, 0) is 36.8 Å². The Morgan fingerprint density at radius 1 is 1.07 bits per heavy atom. The molecule has 42 heavy (non-hydrogen) atoms. The average molecular weight is 585 g/mol. The lowest BCUT2D eigenvalue weighted by atomic mass is 9.94. The monoisotopic (exact) mass is 584 g/mol. The van der Waals surface area contributed by atoms with E-state index in [2.05, 4.69) is 20.6 Å². The third-order valence-corrected chi connectivity index (χ3v) is 7.46. The summed E-state index contributed by atoms with van der Waals surface area (Å²) in [7, 11) is 1.61. The number of urea groups is 1. The van der Waals surface area contributed by atoms with Crippen molar-refractivity contribution in [2.24, 2.45) is 0 Å². The number of methoxy groups -OCH3 is 1. The van der Waals surface area contributed by atoms with Crippen molar-refractivity contribution in [3.8, 4) is 11.6 Å². The highest BCUT2D eigenvalue weighted by molar-refractivity contribution is 5.90. The number of ether oxygens (including phenoxy) is 3. The molecule has 3 aromatic rings. The van der Waals surface area contributed by atoms with Crippen LogP contribution >= 0.6 is 0 Å². The fourth-order valence-electron chi connectivity index (χ4n) is 5.20. The molecule has 11 nitrogen and oxygen atoms in total. The number of hydrogen-bond donors (Lipinski definition) is 2. The second kappa shape index (κ2) is 13.3. The molecule has 0 aliphatic carbocycles. The Kier molecular flexibility index (Phi) is 9.30. The highest BCUT2D eigenvalue weighted by Crippen LogP contribution is 2.31. The van der Waals surface area contributed by atoms with Crippen LogP contribution in [0.15, 0.2) is 48.5 Å². The number of halogens is 2. The number of nitrogens with zero attached hydrogens (tertiary/aromatic N) is 4. The fourth-order valence-corrected chi connectivity index (χ4v) is 5.20. The van der Waals surface area contributed by atoms with E-state index in [-0.39, 0.29) is 11.8 Å². The number of rotatable bonds is 8. The Labute approximate surface area is 242 Å². The summed E-state index contributed by atoms with van der Waals surface area (Å²) in [5, 5.41) is 10.4. The van der Waals surface area contributed by atoms with Gasteiger partial charge in [0.05, 0.1) is 37.1 Å². The Morgan fingerprint density at radius 2 is 1.83 bits per heavy atom. The van der Waals surface area contributed by atoms with Gasteiger partial charge in [-0.1, -0.05) is 24.3 Å². The third-order valence-electron chi connectivity index (χ3n) is 7.46. The van der Waals surface area contributed by atoms with Gasteiger partial charge in [0.25, 0.3) is 0 Å². The summed E-state index contributed by atoms with van der Waals surface area (Å²) in [5.74, 6) is -1.76. The first-order chi connectivity index (χ1) is 20.3. The van der Waals surface area contributed by atoms with E-state index in [1.807, 2.05) is 30.3 Å². The summed E-state index contributed by atoms with van der Waals surface area (Å²) in [6.45, 7) is 5.50. The second-order valence-corrected chi connectivity index (χ2v) is 10.2. The highest BCUT2D eigenvalue weighted by Gasteiger charge is 2.35. The molecule has 2 N–H and O–H groups in total. The molecule has 2 fully saturated rings. The summed E-state index contributed by atoms with van der Waals surface area (Å²) < 4.78 is 45.4. The van der Waals surface area contributed by atoms with Gasteiger partial charge in [-0.25, -0.2) is 23.1 Å². The number of para-hydroxylation sites is 1. The molecule has 13 heteroatoms. The van der Waals surface area contributed by atoms with Gasteiger partial charge in [-0.3, -0.25) is 10.2 Å². The van der Waals surface area contributed by atoms with Crippen LogP contribution in [0, 0.1) is 18.6 Å². The Balaban J connectivity index is 1.37. The zero-order chi connectivity index (χ0) is 29.6. The summed E-state index contributed by atoms with van der Waals surface area (Å²) >= 11 is 0. The number of carbonyl (C=O) groups excluding carboxylic acids is 2. The number of carbonyl (C=O) groups is 2. The van der Waals surface area contributed by atoms with Gasteiger partial charge in [0.15, 0.2) is 11.6 Å². The number of morpholine rings is 1. The lowest BCUT2D eigenvalue weighted by Gasteiger charge is -2.25. The van der Waals surface area contributed by atoms with Crippen molar-refractivity contribution in [2.75, 3.05) is 65.0 Å². The molecule has 3 amide bonds. The number of nitrogens with one attached hydrogen (secondary N) is 2. The Bertz CT molecular complexity index is 1400. The van der Waals surface area contributed by atoms with Gasteiger partial charge in [-0.2, -0.15) is 0 Å². The van der Waals surface area contributed by atoms with Crippen LogP contribution in [0.3, 0.4) is 0 Å². The molecule has 0 radical (unpaired) electrons. The predicted octanol–water partition coefficient (Wildman–Crippen LogP) is 3.53. The first kappa shape index (κ1) is 29.4. The van der Waals surface area contributed by atoms with E-state index in [0.29, 0.717) is 75.2 Å². The van der Waals surface area contributed by atoms with Crippen molar-refractivity contribution in [3.63, 3.8) is 0 Å². The summed E-state index contributed by atoms with van der Waals surface area (Å²) in [4.78, 5) is 29.9. The number of aromatic nitrogens is 2. The molecule has 2 saturated heterocycles. The van der Waals surface area contributed by atoms with E-state index in [1.165, 1.54) is 15.6 Å². The SMILES string of the molecule is COCCN1C[C@@H](NC(=O)Nc2c(C)c(OC(=O)N3CCOCC3)nn2-c2ccccc2)[C@H](c2ccc(F)c(F)c2)C1. The minimum Gasteiger partial charge on any atom is -0.389 e. The number of anilines is 1. The zero-order valence-electron chi connectivity index (χ0n) is 23.5. The normalized spacial score (nSPS) is 19.1. The average Bonchev–Trinajstić information content (AvgIpc) is 3.54. The van der Waals surface area contributed by atoms with Crippen LogP contribution < -0.4 is 15.4 Å². The van der Waals surface area contributed by atoms with E-state index in [0.717, 1.165) is 6.07 Å². The Morgan fingerprint density at radius 3 is 2.55 bits per heavy atom. The summed E-state index contributed by atoms with van der Waals surface area (Å²) in [6, 6.07) is 12.0. The van der Waals surface area contributed by atoms with Crippen LogP contribution in [0.1, 0.15) is 17.0 Å². The van der Waals surface area contributed by atoms with E-state index in [1.54, 1.807) is 20.1 Å². The van der Waals surface area contributed by atoms with E-state index < -0.39 is 29.8 Å². The lowest BCUT2D eigenvalue weighted by molar-refractivity contribution is 0.0411. The van der Waals surface area contributed by atoms with Crippen molar-refractivity contribution >= 4 is 17.9 Å². The molecule has 0 saturated carbocycles. The van der Waals surface area contributed by atoms with Gasteiger partial charge in [0.1, 0.15) is 5.82 Å². The molecule has 0 unspecified atom stereocenters. The van der Waals surface area contributed by atoms with Crippen molar-refractivity contribution in [1.29, 1.82) is 0 Å². The molecule has 0 bridgehead atoms. The highest BCUT2D eigenvalue weighted by atomic mass is 19.2. The predicted molar refractivity (Wildman–Crippen MR) is 150 cm³/mol. The topological polar surface area (TPSA) is 110 Å². The maximum Gasteiger partial charge on any atom is 0.416 e. The van der Waals surface area contributed by atoms with Crippen LogP contribution in [0.4, 0.5) is 24.2 Å². The van der Waals surface area contributed by atoms with Crippen molar-refractivity contribution in [3.05, 3.63) is 71.3 Å². The van der Waals surface area contributed by atoms with E-state index >= 15 is 0 Å². The summed E-state index contributed by atoms with van der Waals surface area (Å²) in [6.07, 6.45) is -0.549. The molecule has 0 spiro atoms. The first-order valence-corrected chi connectivity index (χ1v) is 13.8. The van der Waals surface area contributed by atoms with E-state index in [9.17, 15) is 18.4 Å². The number of amides is 3. The maximum atomic E-state index is 14.1. The van der Waals surface area contributed by atoms with Crippen LogP contribution in [-0.4, -0.2) is 97.4 Å². The molecule has 2 atom stereocenters. The Hall–Kier alpha value is -4.07. The molecule has 2 aliphatic rings. The standard InChI is InChI=1S/C29H34F2N6O5/c1-19-26(37(21-6-4-3-5-7-21)34-27(19)42-29(39)36-11-14-41-15-12-36)33-28(38)32-25-18-35(10-13-40-2)17-22(25)20-8-9-23(30)24(31)16-20/h3-9,16,22,25H,10-15,17-18H2,1-2H3,(H2,32,33,38)/t22-,25+/m0/s1. The van der Waals surface area contributed by atoms with Gasteiger partial charge in [0, 0.05) is 45.8 Å². The van der Waals surface area contributed by atoms with Crippen molar-refractivity contribution in [2.45, 2.75) is 18.9 Å². The smallest absolute Gasteiger partial charge is 0.389 e. The summed E-state index contributed by atoms with van der Waals surface area (Å²) in [5.41, 5.74) is 1.69. The van der Waals surface area contributed by atoms with Crippen molar-refractivity contribution in [1.82, 2.24) is 24.9 Å². The molecule has 1 aromatic heterocycles. The van der Waals surface area contributed by atoms with Gasteiger partial charge in [0.2, 0.25) is 5.88 Å². The largest absolute Gasteiger partial charge is 0.416 e. The van der Waals surface area contributed by atoms with Crippen LogP contribution in [-0.2, 0) is 9.47 Å². The molecular weight excluding hydrogens is 550 g/mol. The van der Waals surface area contributed by atoms with Crippen LogP contribution in [0.2, 0.25) is 0 Å². The molecular formula is C29H34F2N6O5. The third kappa shape index (κ3) is 6.69. The lowest BCUT2D eigenvalue weighted by Crippen LogP contribution is -2.42. The quantitative estimate of drug-likeness (QED) is 0.417. The molecule has 5 rings (SSSR count). The fraction of sp³-hybridized carbons (Fsp3) is 0.414. The molecule has 224 valence electrons. The number of benzene rings is 2. The minimum absolute atomic E-state index is 0.0666. The molecule has 3 heterocycles. The second-order valence-electron chi connectivity index (χ2n) is 10.2. The van der Waals surface area contributed by atoms with E-state index in [4.69, 9.17) is 14.2 Å². The first-order valence-electron chi connectivity index (χ1n) is 13.8. The maximum absolute atomic E-state index is 14.1. The molecule has 2 aliphatic heterocycles. The minimum atomic E-state index is -0.937. The van der Waals surface area contributed by atoms with Crippen LogP contribution in [0.5, 0.6) is 5.88 Å².